The molecule has 5 nitrogen and oxygen atoms in total. The Kier molecular flexibility index (Phi) is 4.68. The van der Waals surface area contributed by atoms with E-state index < -0.39 is 0 Å². The molecule has 0 saturated heterocycles. The first kappa shape index (κ1) is 14.0. The Morgan fingerprint density at radius 1 is 1.40 bits per heavy atom. The van der Waals surface area contributed by atoms with E-state index in [4.69, 9.17) is 4.74 Å². The SMILES string of the molecule is CCOc1ccc(NC(=O)c2cccnc2)cc1CO. The Morgan fingerprint density at radius 3 is 2.90 bits per heavy atom. The first-order valence-corrected chi connectivity index (χ1v) is 6.32. The molecule has 0 radical (unpaired) electrons. The molecule has 2 aromatic rings. The number of rotatable bonds is 5. The van der Waals surface area contributed by atoms with Gasteiger partial charge in [0.05, 0.1) is 18.8 Å². The summed E-state index contributed by atoms with van der Waals surface area (Å²) in [6.45, 7) is 2.25. The van der Waals surface area contributed by atoms with Crippen molar-refractivity contribution < 1.29 is 14.6 Å². The number of nitrogens with one attached hydrogen (secondary N) is 1. The molecular weight excluding hydrogens is 256 g/mol. The van der Waals surface area contributed by atoms with Gasteiger partial charge in [-0.2, -0.15) is 0 Å². The third kappa shape index (κ3) is 3.33. The summed E-state index contributed by atoms with van der Waals surface area (Å²) in [6, 6.07) is 8.54. The van der Waals surface area contributed by atoms with Gasteiger partial charge in [-0.15, -0.1) is 0 Å². The molecule has 1 amide bonds. The maximum Gasteiger partial charge on any atom is 0.257 e. The van der Waals surface area contributed by atoms with E-state index in [2.05, 4.69) is 10.3 Å². The number of carbonyl (C=O) groups is 1. The maximum absolute atomic E-state index is 12.0. The van der Waals surface area contributed by atoms with Gasteiger partial charge >= 0.3 is 0 Å². The standard InChI is InChI=1S/C15H16N2O3/c1-2-20-14-6-5-13(8-12(14)10-18)17-15(19)11-4-3-7-16-9-11/h3-9,18H,2,10H2,1H3,(H,17,19). The predicted octanol–water partition coefficient (Wildman–Crippen LogP) is 2.22. The minimum absolute atomic E-state index is 0.147. The molecule has 0 bridgehead atoms. The molecule has 0 aliphatic rings. The maximum atomic E-state index is 12.0. The lowest BCUT2D eigenvalue weighted by molar-refractivity contribution is 0.102. The first-order valence-electron chi connectivity index (χ1n) is 6.32. The summed E-state index contributed by atoms with van der Waals surface area (Å²) in [6.07, 6.45) is 3.11. The molecule has 0 atom stereocenters. The Labute approximate surface area is 117 Å². The molecule has 0 aliphatic heterocycles. The van der Waals surface area contributed by atoms with Crippen LogP contribution in [-0.4, -0.2) is 22.6 Å². The zero-order chi connectivity index (χ0) is 14.4. The van der Waals surface area contributed by atoms with Crippen molar-refractivity contribution >= 4 is 11.6 Å². The zero-order valence-corrected chi connectivity index (χ0v) is 11.2. The number of aliphatic hydroxyl groups excluding tert-OH is 1. The molecule has 0 aliphatic carbocycles. The van der Waals surface area contributed by atoms with E-state index >= 15 is 0 Å². The van der Waals surface area contributed by atoms with Crippen molar-refractivity contribution in [3.63, 3.8) is 0 Å². The molecule has 20 heavy (non-hydrogen) atoms. The summed E-state index contributed by atoms with van der Waals surface area (Å²) in [5, 5.41) is 12.1. The number of pyridine rings is 1. The van der Waals surface area contributed by atoms with Crippen LogP contribution in [0.4, 0.5) is 5.69 Å². The predicted molar refractivity (Wildman–Crippen MR) is 75.7 cm³/mol. The van der Waals surface area contributed by atoms with E-state index in [0.29, 0.717) is 29.2 Å². The van der Waals surface area contributed by atoms with E-state index in [-0.39, 0.29) is 12.5 Å². The average Bonchev–Trinajstić information content (AvgIpc) is 2.50. The monoisotopic (exact) mass is 272 g/mol. The van der Waals surface area contributed by atoms with E-state index in [1.165, 1.54) is 6.20 Å². The van der Waals surface area contributed by atoms with Crippen LogP contribution in [0.15, 0.2) is 42.7 Å². The number of hydrogen-bond donors (Lipinski definition) is 2. The number of aromatic nitrogens is 1. The van der Waals surface area contributed by atoms with Gasteiger partial charge in [0.1, 0.15) is 5.75 Å². The zero-order valence-electron chi connectivity index (χ0n) is 11.2. The van der Waals surface area contributed by atoms with E-state index in [0.717, 1.165) is 0 Å². The van der Waals surface area contributed by atoms with Gasteiger partial charge < -0.3 is 15.2 Å². The first-order chi connectivity index (χ1) is 9.74. The number of hydrogen-bond acceptors (Lipinski definition) is 4. The number of benzene rings is 1. The van der Waals surface area contributed by atoms with Crippen molar-refractivity contribution in [1.29, 1.82) is 0 Å². The normalized spacial score (nSPS) is 10.1. The summed E-state index contributed by atoms with van der Waals surface area (Å²) in [5.41, 5.74) is 1.72. The number of aliphatic hydroxyl groups is 1. The summed E-state index contributed by atoms with van der Waals surface area (Å²) in [7, 11) is 0. The Hall–Kier alpha value is -2.40. The van der Waals surface area contributed by atoms with Crippen LogP contribution < -0.4 is 10.1 Å². The van der Waals surface area contributed by atoms with Gasteiger partial charge in [0.2, 0.25) is 0 Å². The quantitative estimate of drug-likeness (QED) is 0.875. The topological polar surface area (TPSA) is 71.5 Å². The highest BCUT2D eigenvalue weighted by Gasteiger charge is 2.08. The molecule has 0 fully saturated rings. The second kappa shape index (κ2) is 6.68. The molecule has 0 unspecified atom stereocenters. The van der Waals surface area contributed by atoms with Gasteiger partial charge in [0.15, 0.2) is 0 Å². The molecule has 5 heteroatoms. The minimum atomic E-state index is -0.244. The van der Waals surface area contributed by atoms with Crippen molar-refractivity contribution in [2.75, 3.05) is 11.9 Å². The number of amides is 1. The largest absolute Gasteiger partial charge is 0.494 e. The van der Waals surface area contributed by atoms with Crippen LogP contribution in [0.3, 0.4) is 0 Å². The van der Waals surface area contributed by atoms with Gasteiger partial charge in [0, 0.05) is 23.6 Å². The van der Waals surface area contributed by atoms with Crippen molar-refractivity contribution in [3.8, 4) is 5.75 Å². The number of carbonyl (C=O) groups excluding carboxylic acids is 1. The summed E-state index contributed by atoms with van der Waals surface area (Å²) in [4.78, 5) is 15.9. The minimum Gasteiger partial charge on any atom is -0.494 e. The summed E-state index contributed by atoms with van der Waals surface area (Å²) in [5.74, 6) is 0.375. The van der Waals surface area contributed by atoms with E-state index in [1.807, 2.05) is 6.92 Å². The van der Waals surface area contributed by atoms with Crippen molar-refractivity contribution in [2.24, 2.45) is 0 Å². The lowest BCUT2D eigenvalue weighted by atomic mass is 10.1. The third-order valence-electron chi connectivity index (χ3n) is 2.71. The molecular formula is C15H16N2O3. The summed E-state index contributed by atoms with van der Waals surface area (Å²) < 4.78 is 5.39. The lowest BCUT2D eigenvalue weighted by Gasteiger charge is -2.11. The number of nitrogens with zero attached hydrogens (tertiary/aromatic N) is 1. The highest BCUT2D eigenvalue weighted by atomic mass is 16.5. The second-order valence-electron chi connectivity index (χ2n) is 4.11. The highest BCUT2D eigenvalue weighted by molar-refractivity contribution is 6.04. The third-order valence-corrected chi connectivity index (χ3v) is 2.71. The van der Waals surface area contributed by atoms with Crippen LogP contribution in [0.1, 0.15) is 22.8 Å². The van der Waals surface area contributed by atoms with Crippen molar-refractivity contribution in [2.45, 2.75) is 13.5 Å². The van der Waals surface area contributed by atoms with Crippen LogP contribution in [0.25, 0.3) is 0 Å². The van der Waals surface area contributed by atoms with Gasteiger partial charge in [-0.3, -0.25) is 9.78 Å². The van der Waals surface area contributed by atoms with Crippen LogP contribution in [0, 0.1) is 0 Å². The van der Waals surface area contributed by atoms with Gasteiger partial charge in [-0.05, 0) is 37.3 Å². The summed E-state index contributed by atoms with van der Waals surface area (Å²) >= 11 is 0. The van der Waals surface area contributed by atoms with Gasteiger partial charge in [-0.1, -0.05) is 0 Å². The molecule has 1 heterocycles. The molecule has 2 N–H and O–H groups in total. The Balaban J connectivity index is 2.16. The Bertz CT molecular complexity index is 585. The fraction of sp³-hybridized carbons (Fsp3) is 0.200. The molecule has 1 aromatic heterocycles. The van der Waals surface area contributed by atoms with Crippen LogP contribution in [-0.2, 0) is 6.61 Å². The van der Waals surface area contributed by atoms with Gasteiger partial charge in [0.25, 0.3) is 5.91 Å². The molecule has 2 rings (SSSR count). The molecule has 0 spiro atoms. The van der Waals surface area contributed by atoms with Crippen LogP contribution in [0.2, 0.25) is 0 Å². The fourth-order valence-electron chi connectivity index (χ4n) is 1.78. The van der Waals surface area contributed by atoms with Crippen molar-refractivity contribution in [3.05, 3.63) is 53.9 Å². The van der Waals surface area contributed by atoms with Gasteiger partial charge in [-0.25, -0.2) is 0 Å². The smallest absolute Gasteiger partial charge is 0.257 e. The Morgan fingerprint density at radius 2 is 2.25 bits per heavy atom. The highest BCUT2D eigenvalue weighted by Crippen LogP contribution is 2.23. The number of anilines is 1. The fourth-order valence-corrected chi connectivity index (χ4v) is 1.78. The average molecular weight is 272 g/mol. The lowest BCUT2D eigenvalue weighted by Crippen LogP contribution is -2.12. The second-order valence-corrected chi connectivity index (χ2v) is 4.11. The molecule has 0 saturated carbocycles. The van der Waals surface area contributed by atoms with Crippen molar-refractivity contribution in [1.82, 2.24) is 4.98 Å². The van der Waals surface area contributed by atoms with Crippen LogP contribution in [0.5, 0.6) is 5.75 Å². The van der Waals surface area contributed by atoms with E-state index in [1.54, 1.807) is 36.5 Å². The van der Waals surface area contributed by atoms with E-state index in [9.17, 15) is 9.90 Å². The van der Waals surface area contributed by atoms with Crippen LogP contribution >= 0.6 is 0 Å². The number of ether oxygens (including phenoxy) is 1. The molecule has 104 valence electrons. The molecule has 1 aromatic carbocycles.